The van der Waals surface area contributed by atoms with Crippen LogP contribution in [0.4, 0.5) is 17.6 Å². The molecule has 2 heterocycles. The summed E-state index contributed by atoms with van der Waals surface area (Å²) in [6.45, 7) is -1.64. The number of halogens is 4. The lowest BCUT2D eigenvalue weighted by atomic mass is 9.79. The SMILES string of the molecule is Cn1cc(-c2ccc(F)cc2)nc1-c1ccc2c(c1)C[C@@H]1CC[C@H](C2)[C@]12CN(CC(F)(F)F)S(=O)(=O)N2. The van der Waals surface area contributed by atoms with E-state index in [9.17, 15) is 26.0 Å². The highest BCUT2D eigenvalue weighted by Crippen LogP contribution is 2.50. The molecule has 2 fully saturated rings. The molecule has 0 amide bonds. The summed E-state index contributed by atoms with van der Waals surface area (Å²) < 4.78 is 83.3. The zero-order valence-electron chi connectivity index (χ0n) is 20.1. The highest BCUT2D eigenvalue weighted by Gasteiger charge is 2.60. The molecular formula is C26H26F4N4O2S. The van der Waals surface area contributed by atoms with Crippen molar-refractivity contribution in [2.45, 2.75) is 37.4 Å². The molecule has 3 atom stereocenters. The maximum atomic E-state index is 13.3. The first-order chi connectivity index (χ1) is 17.4. The van der Waals surface area contributed by atoms with Crippen LogP contribution in [0.2, 0.25) is 0 Å². The van der Waals surface area contributed by atoms with Crippen molar-refractivity contribution < 1.29 is 26.0 Å². The third-order valence-electron chi connectivity index (χ3n) is 8.19. The Morgan fingerprint density at radius 1 is 1.03 bits per heavy atom. The van der Waals surface area contributed by atoms with E-state index >= 15 is 0 Å². The van der Waals surface area contributed by atoms with Crippen molar-refractivity contribution in [1.82, 2.24) is 18.6 Å². The highest BCUT2D eigenvalue weighted by atomic mass is 32.2. The maximum Gasteiger partial charge on any atom is 0.402 e. The number of aromatic nitrogens is 2. The molecule has 196 valence electrons. The van der Waals surface area contributed by atoms with E-state index in [0.29, 0.717) is 17.1 Å². The van der Waals surface area contributed by atoms with Crippen molar-refractivity contribution >= 4 is 10.2 Å². The number of aryl methyl sites for hydroxylation is 1. The van der Waals surface area contributed by atoms with Crippen molar-refractivity contribution in [1.29, 1.82) is 0 Å². The zero-order chi connectivity index (χ0) is 26.2. The molecule has 0 radical (unpaired) electrons. The predicted molar refractivity (Wildman–Crippen MR) is 130 cm³/mol. The first-order valence-electron chi connectivity index (χ1n) is 12.2. The molecule has 6 rings (SSSR count). The molecule has 3 aromatic rings. The quantitative estimate of drug-likeness (QED) is 0.505. The lowest BCUT2D eigenvalue weighted by molar-refractivity contribution is -0.136. The molecule has 2 aromatic carbocycles. The van der Waals surface area contributed by atoms with Gasteiger partial charge in [0, 0.05) is 30.9 Å². The monoisotopic (exact) mass is 534 g/mol. The summed E-state index contributed by atoms with van der Waals surface area (Å²) in [5, 5.41) is 0. The van der Waals surface area contributed by atoms with E-state index in [1.807, 2.05) is 29.9 Å². The van der Waals surface area contributed by atoms with Gasteiger partial charge in [-0.25, -0.2) is 9.37 Å². The molecule has 1 N–H and O–H groups in total. The van der Waals surface area contributed by atoms with Crippen LogP contribution >= 0.6 is 0 Å². The molecule has 1 aromatic heterocycles. The number of hydrogen-bond donors (Lipinski definition) is 1. The molecule has 1 aliphatic heterocycles. The first-order valence-corrected chi connectivity index (χ1v) is 13.6. The Morgan fingerprint density at radius 3 is 2.35 bits per heavy atom. The van der Waals surface area contributed by atoms with E-state index in [1.165, 1.54) is 12.1 Å². The lowest BCUT2D eigenvalue weighted by Gasteiger charge is -2.33. The van der Waals surface area contributed by atoms with Gasteiger partial charge in [-0.1, -0.05) is 12.1 Å². The van der Waals surface area contributed by atoms with Gasteiger partial charge in [-0.15, -0.1) is 0 Å². The van der Waals surface area contributed by atoms with Crippen LogP contribution in [0.25, 0.3) is 22.6 Å². The van der Waals surface area contributed by atoms with Crippen LogP contribution in [-0.4, -0.2) is 47.1 Å². The third kappa shape index (κ3) is 4.26. The van der Waals surface area contributed by atoms with Crippen LogP contribution in [0.5, 0.6) is 0 Å². The van der Waals surface area contributed by atoms with Crippen molar-refractivity contribution in [2.75, 3.05) is 13.1 Å². The number of fused-ring (bicyclic) bond motifs is 1. The van der Waals surface area contributed by atoms with Gasteiger partial charge < -0.3 is 4.57 Å². The molecule has 3 aliphatic rings. The van der Waals surface area contributed by atoms with E-state index in [2.05, 4.69) is 10.8 Å². The number of hydrogen-bond acceptors (Lipinski definition) is 3. The molecule has 1 saturated heterocycles. The average molecular weight is 535 g/mol. The Balaban J connectivity index is 1.31. The van der Waals surface area contributed by atoms with Crippen molar-refractivity contribution in [2.24, 2.45) is 18.9 Å². The van der Waals surface area contributed by atoms with E-state index in [1.54, 1.807) is 12.1 Å². The van der Waals surface area contributed by atoms with Gasteiger partial charge in [-0.05, 0) is 79.0 Å². The fraction of sp³-hybridized carbons (Fsp3) is 0.423. The zero-order valence-corrected chi connectivity index (χ0v) is 20.9. The minimum atomic E-state index is -4.60. The molecule has 0 unspecified atom stereocenters. The first kappa shape index (κ1) is 24.6. The topological polar surface area (TPSA) is 67.2 Å². The minimum absolute atomic E-state index is 0.0733. The molecule has 1 spiro atoms. The molecule has 2 bridgehead atoms. The Bertz CT molecular complexity index is 1470. The van der Waals surface area contributed by atoms with Crippen LogP contribution < -0.4 is 4.72 Å². The molecule has 6 nitrogen and oxygen atoms in total. The normalized spacial score (nSPS) is 26.9. The van der Waals surface area contributed by atoms with Gasteiger partial charge in [-0.2, -0.15) is 30.6 Å². The third-order valence-corrected chi connectivity index (χ3v) is 9.76. The fourth-order valence-electron chi connectivity index (χ4n) is 6.48. The molecular weight excluding hydrogens is 508 g/mol. The summed E-state index contributed by atoms with van der Waals surface area (Å²) in [5.74, 6) is 0.252. The fourth-order valence-corrected chi connectivity index (χ4v) is 8.19. The number of imidazole rings is 1. The van der Waals surface area contributed by atoms with Gasteiger partial charge >= 0.3 is 6.18 Å². The number of benzene rings is 2. The number of rotatable bonds is 3. The molecule has 11 heteroatoms. The van der Waals surface area contributed by atoms with Gasteiger partial charge in [0.05, 0.1) is 11.2 Å². The Morgan fingerprint density at radius 2 is 1.68 bits per heavy atom. The smallest absolute Gasteiger partial charge is 0.333 e. The largest absolute Gasteiger partial charge is 0.402 e. The summed E-state index contributed by atoms with van der Waals surface area (Å²) in [7, 11) is -2.32. The molecule has 37 heavy (non-hydrogen) atoms. The predicted octanol–water partition coefficient (Wildman–Crippen LogP) is 4.47. The number of nitrogens with zero attached hydrogens (tertiary/aromatic N) is 3. The van der Waals surface area contributed by atoms with Crippen LogP contribution in [0.15, 0.2) is 48.7 Å². The van der Waals surface area contributed by atoms with E-state index in [-0.39, 0.29) is 24.2 Å². The van der Waals surface area contributed by atoms with E-state index in [4.69, 9.17) is 4.98 Å². The van der Waals surface area contributed by atoms with Crippen molar-refractivity contribution in [3.05, 3.63) is 65.6 Å². The van der Waals surface area contributed by atoms with Gasteiger partial charge in [0.1, 0.15) is 18.2 Å². The van der Waals surface area contributed by atoms with Gasteiger partial charge in [0.15, 0.2) is 0 Å². The van der Waals surface area contributed by atoms with Gasteiger partial charge in [0.25, 0.3) is 10.2 Å². The Hall–Kier alpha value is -2.76. The second-order valence-corrected chi connectivity index (χ2v) is 12.1. The second kappa shape index (κ2) is 8.37. The van der Waals surface area contributed by atoms with Gasteiger partial charge in [0.2, 0.25) is 0 Å². The van der Waals surface area contributed by atoms with Crippen LogP contribution in [0.3, 0.4) is 0 Å². The van der Waals surface area contributed by atoms with Gasteiger partial charge in [-0.3, -0.25) is 0 Å². The number of alkyl halides is 3. The minimum Gasteiger partial charge on any atom is -0.333 e. The molecule has 1 saturated carbocycles. The standard InChI is InChI=1S/C26H26F4N4O2S/c1-33-13-23(16-4-8-22(27)9-5-16)31-24(33)18-3-2-17-11-20-6-7-21(12-19(17)10-18)25(20)14-34(15-26(28,29)30)37(35,36)32-25/h2-5,8-10,13,20-21,32H,6-7,11-12,14-15H2,1H3/t20-,21+,25-/m1/s1. The lowest BCUT2D eigenvalue weighted by Crippen LogP contribution is -2.52. The van der Waals surface area contributed by atoms with Crippen LogP contribution in [-0.2, 0) is 30.1 Å². The second-order valence-electron chi connectivity index (χ2n) is 10.5. The maximum absolute atomic E-state index is 13.3. The van der Waals surface area contributed by atoms with Crippen LogP contribution in [0, 0.1) is 17.7 Å². The summed E-state index contributed by atoms with van der Waals surface area (Å²) in [5.41, 5.74) is 3.68. The Kier molecular flexibility index (Phi) is 5.56. The summed E-state index contributed by atoms with van der Waals surface area (Å²) >= 11 is 0. The van der Waals surface area contributed by atoms with E-state index < -0.39 is 28.5 Å². The summed E-state index contributed by atoms with van der Waals surface area (Å²) in [6.07, 6.45) is 0.000138. The van der Waals surface area contributed by atoms with E-state index in [0.717, 1.165) is 46.6 Å². The van der Waals surface area contributed by atoms with Crippen LogP contribution in [0.1, 0.15) is 24.0 Å². The Labute approximate surface area is 212 Å². The molecule has 2 aliphatic carbocycles. The number of nitrogens with one attached hydrogen (secondary N) is 1. The summed E-state index contributed by atoms with van der Waals surface area (Å²) in [4.78, 5) is 4.77. The van der Waals surface area contributed by atoms with Crippen molar-refractivity contribution in [3.8, 4) is 22.6 Å². The van der Waals surface area contributed by atoms with Crippen molar-refractivity contribution in [3.63, 3.8) is 0 Å². The average Bonchev–Trinajstić information content (AvgIpc) is 3.38. The highest BCUT2D eigenvalue weighted by molar-refractivity contribution is 7.87. The summed E-state index contributed by atoms with van der Waals surface area (Å²) in [6, 6.07) is 12.2.